The van der Waals surface area contributed by atoms with E-state index in [9.17, 15) is 13.2 Å². The highest BCUT2D eigenvalue weighted by Crippen LogP contribution is 2.54. The maximum Gasteiger partial charge on any atom is 0.227 e. The Morgan fingerprint density at radius 3 is 2.35 bits per heavy atom. The van der Waals surface area contributed by atoms with E-state index in [0.29, 0.717) is 25.3 Å². The number of likely N-dealkylation sites (tertiary alicyclic amines) is 1. The molecule has 2 saturated heterocycles. The SMILES string of the molecule is O=C(C1CCN(S(=O)(=O)CC23CCC(CC2)C3)C1)N1CCCC1. The third-order valence-electron chi connectivity index (χ3n) is 6.69. The summed E-state index contributed by atoms with van der Waals surface area (Å²) >= 11 is 0. The maximum absolute atomic E-state index is 12.9. The van der Waals surface area contributed by atoms with Crippen molar-refractivity contribution in [1.29, 1.82) is 0 Å². The van der Waals surface area contributed by atoms with Crippen LogP contribution in [0.1, 0.15) is 51.4 Å². The fraction of sp³-hybridized carbons (Fsp3) is 0.941. The van der Waals surface area contributed by atoms with Gasteiger partial charge in [-0.3, -0.25) is 4.79 Å². The molecule has 2 aliphatic heterocycles. The molecule has 2 aliphatic carbocycles. The van der Waals surface area contributed by atoms with Gasteiger partial charge in [0, 0.05) is 26.2 Å². The summed E-state index contributed by atoms with van der Waals surface area (Å²) in [6.45, 7) is 2.66. The summed E-state index contributed by atoms with van der Waals surface area (Å²) in [5.41, 5.74) is 0.0561. The number of amides is 1. The number of hydrogen-bond acceptors (Lipinski definition) is 3. The predicted octanol–water partition coefficient (Wildman–Crippen LogP) is 1.84. The highest BCUT2D eigenvalue weighted by Gasteiger charge is 2.49. The van der Waals surface area contributed by atoms with E-state index in [2.05, 4.69) is 0 Å². The van der Waals surface area contributed by atoms with Gasteiger partial charge in [-0.05, 0) is 62.7 Å². The lowest BCUT2D eigenvalue weighted by molar-refractivity contribution is -0.133. The molecule has 0 radical (unpaired) electrons. The highest BCUT2D eigenvalue weighted by molar-refractivity contribution is 7.89. The molecule has 1 unspecified atom stereocenters. The molecule has 1 atom stereocenters. The van der Waals surface area contributed by atoms with E-state index in [-0.39, 0.29) is 17.2 Å². The Labute approximate surface area is 139 Å². The minimum absolute atomic E-state index is 0.0561. The molecule has 2 heterocycles. The standard InChI is InChI=1S/C17H28N2O3S/c20-16(18-8-1-2-9-18)15-5-10-19(12-15)23(21,22)13-17-6-3-14(11-17)4-7-17/h14-15H,1-13H2. The van der Waals surface area contributed by atoms with Crippen molar-refractivity contribution in [3.63, 3.8) is 0 Å². The maximum atomic E-state index is 12.9. The fourth-order valence-corrected chi connectivity index (χ4v) is 7.52. The normalized spacial score (nSPS) is 37.8. The van der Waals surface area contributed by atoms with Crippen LogP contribution in [0.15, 0.2) is 0 Å². The molecule has 4 fully saturated rings. The third kappa shape index (κ3) is 2.93. The number of sulfonamides is 1. The van der Waals surface area contributed by atoms with Crippen LogP contribution in [0.25, 0.3) is 0 Å². The minimum atomic E-state index is -3.21. The zero-order valence-electron chi connectivity index (χ0n) is 13.9. The van der Waals surface area contributed by atoms with Crippen LogP contribution < -0.4 is 0 Å². The first-order valence-electron chi connectivity index (χ1n) is 9.24. The minimum Gasteiger partial charge on any atom is -0.342 e. The van der Waals surface area contributed by atoms with E-state index in [0.717, 1.165) is 51.1 Å². The lowest BCUT2D eigenvalue weighted by Crippen LogP contribution is -2.39. The van der Waals surface area contributed by atoms with Crippen molar-refractivity contribution < 1.29 is 13.2 Å². The summed E-state index contributed by atoms with van der Waals surface area (Å²) in [5.74, 6) is 1.16. The number of nitrogens with zero attached hydrogens (tertiary/aromatic N) is 2. The zero-order valence-corrected chi connectivity index (χ0v) is 14.7. The molecule has 4 aliphatic rings. The summed E-state index contributed by atoms with van der Waals surface area (Å²) < 4.78 is 27.3. The van der Waals surface area contributed by atoms with Gasteiger partial charge >= 0.3 is 0 Å². The first-order chi connectivity index (χ1) is 11.0. The average molecular weight is 340 g/mol. The first kappa shape index (κ1) is 15.9. The summed E-state index contributed by atoms with van der Waals surface area (Å²) in [4.78, 5) is 14.4. The molecule has 23 heavy (non-hydrogen) atoms. The second-order valence-corrected chi connectivity index (χ2v) is 10.2. The Morgan fingerprint density at radius 2 is 1.74 bits per heavy atom. The third-order valence-corrected chi connectivity index (χ3v) is 8.78. The molecule has 0 N–H and O–H groups in total. The van der Waals surface area contributed by atoms with Crippen LogP contribution in [-0.2, 0) is 14.8 Å². The Kier molecular flexibility index (Phi) is 3.95. The van der Waals surface area contributed by atoms with E-state index in [1.165, 1.54) is 12.8 Å². The number of fused-ring (bicyclic) bond motifs is 2. The van der Waals surface area contributed by atoms with Gasteiger partial charge in [0.15, 0.2) is 0 Å². The van der Waals surface area contributed by atoms with Crippen molar-refractivity contribution in [1.82, 2.24) is 9.21 Å². The summed E-state index contributed by atoms with van der Waals surface area (Å²) in [6, 6.07) is 0. The molecular formula is C17H28N2O3S. The molecule has 5 nitrogen and oxygen atoms in total. The fourth-order valence-electron chi connectivity index (χ4n) is 5.37. The molecule has 2 saturated carbocycles. The van der Waals surface area contributed by atoms with Crippen molar-refractivity contribution in [2.45, 2.75) is 51.4 Å². The van der Waals surface area contributed by atoms with Gasteiger partial charge in [0.1, 0.15) is 0 Å². The lowest BCUT2D eigenvalue weighted by atomic mass is 9.87. The largest absolute Gasteiger partial charge is 0.342 e. The summed E-state index contributed by atoms with van der Waals surface area (Å²) in [6.07, 6.45) is 8.58. The van der Waals surface area contributed by atoms with Crippen LogP contribution in [0.5, 0.6) is 0 Å². The van der Waals surface area contributed by atoms with Gasteiger partial charge in [-0.1, -0.05) is 0 Å². The molecule has 2 bridgehead atoms. The molecule has 4 rings (SSSR count). The van der Waals surface area contributed by atoms with Gasteiger partial charge in [-0.2, -0.15) is 0 Å². The number of carbonyl (C=O) groups is 1. The smallest absolute Gasteiger partial charge is 0.227 e. The Bertz CT molecular complexity index is 575. The summed E-state index contributed by atoms with van der Waals surface area (Å²) in [7, 11) is -3.21. The molecule has 6 heteroatoms. The summed E-state index contributed by atoms with van der Waals surface area (Å²) in [5, 5.41) is 0. The Hall–Kier alpha value is -0.620. The van der Waals surface area contributed by atoms with E-state index >= 15 is 0 Å². The van der Waals surface area contributed by atoms with Crippen molar-refractivity contribution in [3.05, 3.63) is 0 Å². The predicted molar refractivity (Wildman–Crippen MR) is 88.3 cm³/mol. The highest BCUT2D eigenvalue weighted by atomic mass is 32.2. The molecular weight excluding hydrogens is 312 g/mol. The molecule has 130 valence electrons. The van der Waals surface area contributed by atoms with E-state index < -0.39 is 10.0 Å². The second kappa shape index (κ2) is 5.73. The first-order valence-corrected chi connectivity index (χ1v) is 10.9. The molecule has 0 spiro atoms. The second-order valence-electron chi connectivity index (χ2n) is 8.28. The topological polar surface area (TPSA) is 57.7 Å². The molecule has 0 aromatic heterocycles. The van der Waals surface area contributed by atoms with Gasteiger partial charge in [-0.15, -0.1) is 0 Å². The number of rotatable bonds is 4. The lowest BCUT2D eigenvalue weighted by Gasteiger charge is -2.29. The van der Waals surface area contributed by atoms with Gasteiger partial charge in [-0.25, -0.2) is 12.7 Å². The molecule has 0 aromatic rings. The zero-order chi connectivity index (χ0) is 16.1. The number of carbonyl (C=O) groups excluding carboxylic acids is 1. The van der Waals surface area contributed by atoms with Crippen LogP contribution in [0.3, 0.4) is 0 Å². The van der Waals surface area contributed by atoms with Crippen LogP contribution in [0, 0.1) is 17.3 Å². The van der Waals surface area contributed by atoms with Crippen molar-refractivity contribution in [2.75, 3.05) is 31.9 Å². The monoisotopic (exact) mass is 340 g/mol. The van der Waals surface area contributed by atoms with Crippen molar-refractivity contribution in [2.24, 2.45) is 17.3 Å². The van der Waals surface area contributed by atoms with Gasteiger partial charge in [0.05, 0.1) is 11.7 Å². The van der Waals surface area contributed by atoms with E-state index in [1.54, 1.807) is 4.31 Å². The van der Waals surface area contributed by atoms with Crippen molar-refractivity contribution in [3.8, 4) is 0 Å². The number of hydrogen-bond donors (Lipinski definition) is 0. The quantitative estimate of drug-likeness (QED) is 0.785. The van der Waals surface area contributed by atoms with E-state index in [4.69, 9.17) is 0 Å². The van der Waals surface area contributed by atoms with Crippen LogP contribution in [0.4, 0.5) is 0 Å². The van der Waals surface area contributed by atoms with Crippen LogP contribution in [0.2, 0.25) is 0 Å². The molecule has 0 aromatic carbocycles. The van der Waals surface area contributed by atoms with Gasteiger partial charge in [0.2, 0.25) is 15.9 Å². The van der Waals surface area contributed by atoms with Crippen LogP contribution in [-0.4, -0.2) is 55.5 Å². The van der Waals surface area contributed by atoms with Gasteiger partial charge in [0.25, 0.3) is 0 Å². The van der Waals surface area contributed by atoms with Gasteiger partial charge < -0.3 is 4.90 Å². The van der Waals surface area contributed by atoms with Crippen LogP contribution >= 0.6 is 0 Å². The molecule has 1 amide bonds. The average Bonchev–Trinajstić information content (AvgIpc) is 3.28. The van der Waals surface area contributed by atoms with Crippen molar-refractivity contribution >= 4 is 15.9 Å². The Morgan fingerprint density at radius 1 is 1.04 bits per heavy atom. The van der Waals surface area contributed by atoms with E-state index in [1.807, 2.05) is 4.90 Å². The Balaban J connectivity index is 1.39.